The molecule has 0 aromatic heterocycles. The van der Waals surface area contributed by atoms with E-state index in [0.29, 0.717) is 22.3 Å². The van der Waals surface area contributed by atoms with E-state index in [1.165, 1.54) is 0 Å². The van der Waals surface area contributed by atoms with Crippen LogP contribution in [0.25, 0.3) is 0 Å². The van der Waals surface area contributed by atoms with E-state index in [-0.39, 0.29) is 0 Å². The second-order valence-corrected chi connectivity index (χ2v) is 5.72. The average Bonchev–Trinajstić information content (AvgIpc) is 2.54. The number of hydrogen-bond acceptors (Lipinski definition) is 2. The van der Waals surface area contributed by atoms with E-state index in [0.717, 1.165) is 10.2 Å². The minimum absolute atomic E-state index is 0.559. The lowest BCUT2D eigenvalue weighted by Gasteiger charge is -2.13. The van der Waals surface area contributed by atoms with Crippen LogP contribution < -0.4 is 9.47 Å². The summed E-state index contributed by atoms with van der Waals surface area (Å²) in [6.45, 7) is 0. The molecule has 3 aromatic rings. The first kappa shape index (κ1) is 14.9. The van der Waals surface area contributed by atoms with Gasteiger partial charge in [-0.2, -0.15) is 0 Å². The van der Waals surface area contributed by atoms with E-state index >= 15 is 0 Å². The van der Waals surface area contributed by atoms with Gasteiger partial charge in [0.15, 0.2) is 0 Å². The minimum Gasteiger partial charge on any atom is -0.456 e. The van der Waals surface area contributed by atoms with Gasteiger partial charge >= 0.3 is 0 Å². The van der Waals surface area contributed by atoms with E-state index < -0.39 is 0 Å². The predicted molar refractivity (Wildman–Crippen MR) is 92.2 cm³/mol. The Morgan fingerprint density at radius 1 is 0.636 bits per heavy atom. The number of halogens is 2. The zero-order valence-corrected chi connectivity index (χ0v) is 13.8. The van der Waals surface area contributed by atoms with Gasteiger partial charge in [-0.25, -0.2) is 0 Å². The normalized spacial score (nSPS) is 10.3. The predicted octanol–water partition coefficient (Wildman–Crippen LogP) is 6.69. The third-order valence-electron chi connectivity index (χ3n) is 2.96. The van der Waals surface area contributed by atoms with Crippen molar-refractivity contribution in [3.63, 3.8) is 0 Å². The summed E-state index contributed by atoms with van der Waals surface area (Å²) in [6, 6.07) is 22.5. The summed E-state index contributed by atoms with van der Waals surface area (Å²) in [7, 11) is 0. The van der Waals surface area contributed by atoms with Crippen LogP contribution >= 0.6 is 27.5 Å². The topological polar surface area (TPSA) is 18.5 Å². The first-order valence-corrected chi connectivity index (χ1v) is 7.85. The molecule has 0 fully saturated rings. The maximum Gasteiger partial charge on any atom is 0.146 e. The Morgan fingerprint density at radius 2 is 1.23 bits per heavy atom. The molecule has 3 rings (SSSR count). The van der Waals surface area contributed by atoms with Gasteiger partial charge in [-0.05, 0) is 52.3 Å². The van der Waals surface area contributed by atoms with Crippen molar-refractivity contribution in [2.45, 2.75) is 0 Å². The maximum atomic E-state index is 6.12. The molecular weight excluding hydrogens is 364 g/mol. The van der Waals surface area contributed by atoms with Crippen LogP contribution in [0.3, 0.4) is 0 Å². The molecule has 0 aliphatic rings. The van der Waals surface area contributed by atoms with Crippen LogP contribution in [-0.2, 0) is 0 Å². The van der Waals surface area contributed by atoms with Crippen molar-refractivity contribution in [1.29, 1.82) is 0 Å². The Balaban J connectivity index is 1.88. The molecule has 0 bridgehead atoms. The van der Waals surface area contributed by atoms with Crippen molar-refractivity contribution < 1.29 is 9.47 Å². The molecule has 2 nitrogen and oxygen atoms in total. The van der Waals surface area contributed by atoms with Crippen LogP contribution in [0, 0.1) is 0 Å². The van der Waals surface area contributed by atoms with Crippen LogP contribution in [-0.4, -0.2) is 0 Å². The Hall–Kier alpha value is -1.97. The molecule has 0 saturated heterocycles. The van der Waals surface area contributed by atoms with Crippen molar-refractivity contribution in [1.82, 2.24) is 0 Å². The van der Waals surface area contributed by atoms with Gasteiger partial charge < -0.3 is 9.47 Å². The van der Waals surface area contributed by atoms with Crippen molar-refractivity contribution in [3.8, 4) is 23.0 Å². The lowest BCUT2D eigenvalue weighted by atomic mass is 10.3. The van der Waals surface area contributed by atoms with E-state index in [2.05, 4.69) is 15.9 Å². The Kier molecular flexibility index (Phi) is 4.66. The molecule has 0 amide bonds. The zero-order valence-electron chi connectivity index (χ0n) is 11.5. The number of para-hydroxylation sites is 2. The molecule has 0 atom stereocenters. The van der Waals surface area contributed by atoms with Gasteiger partial charge in [-0.15, -0.1) is 0 Å². The first-order chi connectivity index (χ1) is 10.7. The van der Waals surface area contributed by atoms with E-state index in [4.69, 9.17) is 21.1 Å². The summed E-state index contributed by atoms with van der Waals surface area (Å²) < 4.78 is 12.5. The van der Waals surface area contributed by atoms with E-state index in [1.54, 1.807) is 6.07 Å². The summed E-state index contributed by atoms with van der Waals surface area (Å²) in [5.74, 6) is 2.68. The van der Waals surface area contributed by atoms with Gasteiger partial charge in [-0.3, -0.25) is 0 Å². The largest absolute Gasteiger partial charge is 0.456 e. The first-order valence-electron chi connectivity index (χ1n) is 6.68. The highest BCUT2D eigenvalue weighted by molar-refractivity contribution is 9.10. The van der Waals surface area contributed by atoms with Gasteiger partial charge in [0.25, 0.3) is 0 Å². The van der Waals surface area contributed by atoms with Crippen LogP contribution in [0.2, 0.25) is 5.02 Å². The van der Waals surface area contributed by atoms with Crippen LogP contribution in [0.1, 0.15) is 0 Å². The molecule has 0 heterocycles. The summed E-state index contributed by atoms with van der Waals surface area (Å²) >= 11 is 9.65. The second-order valence-electron chi connectivity index (χ2n) is 4.52. The molecule has 0 spiro atoms. The van der Waals surface area contributed by atoms with Crippen molar-refractivity contribution in [3.05, 3.63) is 82.3 Å². The number of benzene rings is 3. The van der Waals surface area contributed by atoms with Crippen molar-refractivity contribution in [2.75, 3.05) is 0 Å². The van der Waals surface area contributed by atoms with Gasteiger partial charge in [-0.1, -0.05) is 48.0 Å². The molecule has 3 aromatic carbocycles. The van der Waals surface area contributed by atoms with Crippen LogP contribution in [0.4, 0.5) is 0 Å². The highest BCUT2D eigenvalue weighted by atomic mass is 79.9. The smallest absolute Gasteiger partial charge is 0.146 e. The summed E-state index contributed by atoms with van der Waals surface area (Å²) in [5.41, 5.74) is 0. The maximum absolute atomic E-state index is 6.12. The highest BCUT2D eigenvalue weighted by Crippen LogP contribution is 2.40. The van der Waals surface area contributed by atoms with Crippen molar-refractivity contribution >= 4 is 27.5 Å². The lowest BCUT2D eigenvalue weighted by Crippen LogP contribution is -1.90. The fourth-order valence-corrected chi connectivity index (χ4v) is 2.51. The molecule has 22 heavy (non-hydrogen) atoms. The SMILES string of the molecule is Clc1ccccc1Oc1cccc(Oc2ccccc2)c1Br. The fraction of sp³-hybridized carbons (Fsp3) is 0. The third-order valence-corrected chi connectivity index (χ3v) is 4.05. The lowest BCUT2D eigenvalue weighted by molar-refractivity contribution is 0.455. The molecule has 110 valence electrons. The minimum atomic E-state index is 0.559. The van der Waals surface area contributed by atoms with Crippen molar-refractivity contribution in [2.24, 2.45) is 0 Å². The Labute approximate surface area is 142 Å². The fourth-order valence-electron chi connectivity index (χ4n) is 1.91. The number of hydrogen-bond donors (Lipinski definition) is 0. The van der Waals surface area contributed by atoms with Gasteiger partial charge in [0, 0.05) is 0 Å². The molecule has 0 aliphatic carbocycles. The molecular formula is C18H12BrClO2. The summed E-state index contributed by atoms with van der Waals surface area (Å²) in [5, 5.41) is 0.559. The van der Waals surface area contributed by atoms with Gasteiger partial charge in [0.05, 0.1) is 5.02 Å². The van der Waals surface area contributed by atoms with Crippen LogP contribution in [0.5, 0.6) is 23.0 Å². The summed E-state index contributed by atoms with van der Waals surface area (Å²) in [6.07, 6.45) is 0. The number of rotatable bonds is 4. The Bertz CT molecular complexity index is 775. The Morgan fingerprint density at radius 3 is 1.95 bits per heavy atom. The summed E-state index contributed by atoms with van der Waals surface area (Å²) in [4.78, 5) is 0. The van der Waals surface area contributed by atoms with E-state index in [1.807, 2.05) is 66.7 Å². The van der Waals surface area contributed by atoms with Crippen LogP contribution in [0.15, 0.2) is 77.3 Å². The average molecular weight is 376 g/mol. The monoisotopic (exact) mass is 374 g/mol. The molecule has 0 saturated carbocycles. The molecule has 0 radical (unpaired) electrons. The highest BCUT2D eigenvalue weighted by Gasteiger charge is 2.11. The van der Waals surface area contributed by atoms with Gasteiger partial charge in [0.2, 0.25) is 0 Å². The quantitative estimate of drug-likeness (QED) is 0.506. The third kappa shape index (κ3) is 3.43. The second kappa shape index (κ2) is 6.86. The van der Waals surface area contributed by atoms with Gasteiger partial charge in [0.1, 0.15) is 27.5 Å². The standard InChI is InChI=1S/C18H12BrClO2/c19-18-16(21-13-7-2-1-3-8-13)11-6-12-17(18)22-15-10-5-4-9-14(15)20/h1-12H. The molecule has 0 N–H and O–H groups in total. The van der Waals surface area contributed by atoms with E-state index in [9.17, 15) is 0 Å². The zero-order chi connectivity index (χ0) is 15.4. The molecule has 0 unspecified atom stereocenters. The number of ether oxygens (including phenoxy) is 2. The molecule has 0 aliphatic heterocycles. The molecule has 4 heteroatoms.